The van der Waals surface area contributed by atoms with Crippen LogP contribution in [-0.4, -0.2) is 18.0 Å². The van der Waals surface area contributed by atoms with Gasteiger partial charge in [-0.25, -0.2) is 0 Å². The Labute approximate surface area is 113 Å². The molecule has 3 N–H and O–H groups in total. The minimum Gasteiger partial charge on any atom is -0.350 e. The van der Waals surface area contributed by atoms with E-state index in [0.29, 0.717) is 13.0 Å². The summed E-state index contributed by atoms with van der Waals surface area (Å²) in [5.41, 5.74) is 5.26. The number of hydrogen-bond donors (Lipinski definition) is 2. The van der Waals surface area contributed by atoms with E-state index in [-0.39, 0.29) is 23.9 Å². The Kier molecular flexibility index (Phi) is 7.43. The van der Waals surface area contributed by atoms with E-state index in [1.54, 1.807) is 11.3 Å². The molecular formula is C12H21ClN2OS. The van der Waals surface area contributed by atoms with E-state index < -0.39 is 0 Å². The van der Waals surface area contributed by atoms with Gasteiger partial charge in [0.25, 0.3) is 0 Å². The first-order valence-corrected chi connectivity index (χ1v) is 6.45. The number of thiophene rings is 1. The summed E-state index contributed by atoms with van der Waals surface area (Å²) in [4.78, 5) is 12.9. The third kappa shape index (κ3) is 6.66. The van der Waals surface area contributed by atoms with Crippen LogP contribution in [0.15, 0.2) is 17.5 Å². The van der Waals surface area contributed by atoms with Crippen molar-refractivity contribution in [3.05, 3.63) is 22.4 Å². The molecule has 0 unspecified atom stereocenters. The number of hydrogen-bond acceptors (Lipinski definition) is 3. The van der Waals surface area contributed by atoms with Crippen molar-refractivity contribution in [1.29, 1.82) is 0 Å². The lowest BCUT2D eigenvalue weighted by Gasteiger charge is -2.24. The molecule has 1 aromatic rings. The molecule has 0 saturated heterocycles. The van der Waals surface area contributed by atoms with Gasteiger partial charge in [0.2, 0.25) is 5.91 Å². The Bertz CT molecular complexity index is 325. The van der Waals surface area contributed by atoms with Crippen molar-refractivity contribution in [2.45, 2.75) is 38.6 Å². The second kappa shape index (κ2) is 7.69. The lowest BCUT2D eigenvalue weighted by Crippen LogP contribution is -2.48. The van der Waals surface area contributed by atoms with Crippen molar-refractivity contribution >= 4 is 29.7 Å². The van der Waals surface area contributed by atoms with E-state index in [1.165, 1.54) is 4.88 Å². The van der Waals surface area contributed by atoms with Crippen molar-refractivity contribution in [2.24, 2.45) is 5.73 Å². The zero-order chi connectivity index (χ0) is 12.0. The van der Waals surface area contributed by atoms with Gasteiger partial charge in [-0.3, -0.25) is 4.79 Å². The fourth-order valence-electron chi connectivity index (χ4n) is 1.37. The summed E-state index contributed by atoms with van der Waals surface area (Å²) in [5, 5.41) is 4.99. The number of nitrogens with one attached hydrogen (secondary N) is 1. The highest BCUT2D eigenvalue weighted by Gasteiger charge is 2.17. The van der Waals surface area contributed by atoms with Crippen LogP contribution in [-0.2, 0) is 11.2 Å². The average molecular weight is 277 g/mol. The summed E-state index contributed by atoms with van der Waals surface area (Å²) in [6.45, 7) is 4.33. The molecule has 1 heterocycles. The number of aryl methyl sites for hydroxylation is 1. The molecule has 1 aromatic heterocycles. The Morgan fingerprint density at radius 3 is 2.76 bits per heavy atom. The zero-order valence-corrected chi connectivity index (χ0v) is 12.0. The van der Waals surface area contributed by atoms with Gasteiger partial charge in [-0.1, -0.05) is 6.07 Å². The van der Waals surface area contributed by atoms with Gasteiger partial charge in [0, 0.05) is 23.4 Å². The first-order chi connectivity index (χ1) is 7.53. The highest BCUT2D eigenvalue weighted by molar-refractivity contribution is 7.09. The molecule has 0 aromatic carbocycles. The lowest BCUT2D eigenvalue weighted by molar-refractivity contribution is -0.122. The number of nitrogens with two attached hydrogens (primary N) is 1. The predicted molar refractivity (Wildman–Crippen MR) is 75.8 cm³/mol. The number of amides is 1. The first kappa shape index (κ1) is 16.4. The average Bonchev–Trinajstić information content (AvgIpc) is 2.70. The molecule has 0 spiro atoms. The lowest BCUT2D eigenvalue weighted by atomic mass is 10.1. The number of carbonyl (C=O) groups excluding carboxylic acids is 1. The summed E-state index contributed by atoms with van der Waals surface area (Å²) in [6, 6.07) is 4.14. The van der Waals surface area contributed by atoms with Crippen LogP contribution < -0.4 is 11.1 Å². The van der Waals surface area contributed by atoms with Gasteiger partial charge in [-0.15, -0.1) is 23.7 Å². The molecule has 3 nitrogen and oxygen atoms in total. The van der Waals surface area contributed by atoms with E-state index in [4.69, 9.17) is 5.73 Å². The molecule has 0 atom stereocenters. The largest absolute Gasteiger partial charge is 0.350 e. The van der Waals surface area contributed by atoms with Gasteiger partial charge in [0.05, 0.1) is 0 Å². The molecule has 0 bridgehead atoms. The van der Waals surface area contributed by atoms with Crippen molar-refractivity contribution < 1.29 is 4.79 Å². The number of rotatable bonds is 6. The Balaban J connectivity index is 0.00000256. The summed E-state index contributed by atoms with van der Waals surface area (Å²) in [7, 11) is 0. The molecule has 0 fully saturated rings. The van der Waals surface area contributed by atoms with Crippen LogP contribution in [0.1, 0.15) is 31.6 Å². The Morgan fingerprint density at radius 1 is 1.53 bits per heavy atom. The van der Waals surface area contributed by atoms with E-state index in [9.17, 15) is 4.79 Å². The van der Waals surface area contributed by atoms with Gasteiger partial charge in [-0.05, 0) is 38.1 Å². The van der Waals surface area contributed by atoms with Crippen molar-refractivity contribution in [2.75, 3.05) is 6.54 Å². The fraction of sp³-hybridized carbons (Fsp3) is 0.583. The van der Waals surface area contributed by atoms with Crippen LogP contribution >= 0.6 is 23.7 Å². The molecule has 0 saturated carbocycles. The third-order valence-electron chi connectivity index (χ3n) is 2.40. The quantitative estimate of drug-likeness (QED) is 0.838. The van der Waals surface area contributed by atoms with Gasteiger partial charge in [0.15, 0.2) is 0 Å². The van der Waals surface area contributed by atoms with Gasteiger partial charge in [0.1, 0.15) is 0 Å². The molecule has 17 heavy (non-hydrogen) atoms. The van der Waals surface area contributed by atoms with Crippen LogP contribution in [0.2, 0.25) is 0 Å². The predicted octanol–water partition coefficient (Wildman–Crippen LogP) is 2.35. The summed E-state index contributed by atoms with van der Waals surface area (Å²) >= 11 is 1.74. The zero-order valence-electron chi connectivity index (χ0n) is 10.4. The smallest absolute Gasteiger partial charge is 0.220 e. The van der Waals surface area contributed by atoms with Crippen LogP contribution in [0.5, 0.6) is 0 Å². The molecule has 0 aliphatic carbocycles. The van der Waals surface area contributed by atoms with Crippen LogP contribution in [0.25, 0.3) is 0 Å². The second-order valence-electron chi connectivity index (χ2n) is 4.57. The molecular weight excluding hydrogens is 256 g/mol. The molecule has 1 rings (SSSR count). The SMILES string of the molecule is CC(C)(CN)NC(=O)CCCc1cccs1.Cl. The van der Waals surface area contributed by atoms with E-state index >= 15 is 0 Å². The minimum absolute atomic E-state index is 0. The molecule has 5 heteroatoms. The van der Waals surface area contributed by atoms with Gasteiger partial charge in [-0.2, -0.15) is 0 Å². The highest BCUT2D eigenvalue weighted by atomic mass is 35.5. The molecule has 1 amide bonds. The van der Waals surface area contributed by atoms with Crippen molar-refractivity contribution in [1.82, 2.24) is 5.32 Å². The second-order valence-corrected chi connectivity index (χ2v) is 5.60. The number of carbonyl (C=O) groups is 1. The van der Waals surface area contributed by atoms with Crippen molar-refractivity contribution in [3.8, 4) is 0 Å². The minimum atomic E-state index is -0.292. The maximum absolute atomic E-state index is 11.6. The summed E-state index contributed by atoms with van der Waals surface area (Å²) in [5.74, 6) is 0.0898. The maximum atomic E-state index is 11.6. The standard InChI is InChI=1S/C12H20N2OS.ClH/c1-12(2,9-13)14-11(15)7-3-5-10-6-4-8-16-10;/h4,6,8H,3,5,7,9,13H2,1-2H3,(H,14,15);1H. The maximum Gasteiger partial charge on any atom is 0.220 e. The Morgan fingerprint density at radius 2 is 2.24 bits per heavy atom. The first-order valence-electron chi connectivity index (χ1n) is 5.57. The van der Waals surface area contributed by atoms with E-state index in [1.807, 2.05) is 19.9 Å². The van der Waals surface area contributed by atoms with Crippen LogP contribution in [0.3, 0.4) is 0 Å². The number of halogens is 1. The summed E-state index contributed by atoms with van der Waals surface area (Å²) < 4.78 is 0. The molecule has 0 aliphatic rings. The van der Waals surface area contributed by atoms with E-state index in [2.05, 4.69) is 16.8 Å². The van der Waals surface area contributed by atoms with E-state index in [0.717, 1.165) is 12.8 Å². The molecule has 0 radical (unpaired) electrons. The van der Waals surface area contributed by atoms with Gasteiger partial charge < -0.3 is 11.1 Å². The summed E-state index contributed by atoms with van der Waals surface area (Å²) in [6.07, 6.45) is 2.45. The van der Waals surface area contributed by atoms with Crippen LogP contribution in [0.4, 0.5) is 0 Å². The van der Waals surface area contributed by atoms with Crippen molar-refractivity contribution in [3.63, 3.8) is 0 Å². The Hall–Kier alpha value is -0.580. The topological polar surface area (TPSA) is 55.1 Å². The van der Waals surface area contributed by atoms with Crippen LogP contribution in [0, 0.1) is 0 Å². The molecule has 98 valence electrons. The third-order valence-corrected chi connectivity index (χ3v) is 3.33. The monoisotopic (exact) mass is 276 g/mol. The van der Waals surface area contributed by atoms with Gasteiger partial charge >= 0.3 is 0 Å². The molecule has 0 aliphatic heterocycles. The fourth-order valence-corrected chi connectivity index (χ4v) is 2.12. The normalized spacial score (nSPS) is 10.8. The highest BCUT2D eigenvalue weighted by Crippen LogP contribution is 2.12.